The van der Waals surface area contributed by atoms with Crippen LogP contribution in [0.1, 0.15) is 5.56 Å². The number of nitrogens with zero attached hydrogens (tertiary/aromatic N) is 1. The normalized spacial score (nSPS) is 12.5. The molecule has 0 aromatic carbocycles. The quantitative estimate of drug-likeness (QED) is 0.704. The van der Waals surface area contributed by atoms with E-state index in [-0.39, 0.29) is 6.42 Å². The first kappa shape index (κ1) is 9.95. The number of hydrogen-bond donors (Lipinski definition) is 2. The van der Waals surface area contributed by atoms with Crippen molar-refractivity contribution in [1.29, 1.82) is 0 Å². The number of hydrogen-bond acceptors (Lipinski definition) is 3. The second-order valence-corrected chi connectivity index (χ2v) is 3.03. The van der Waals surface area contributed by atoms with Crippen molar-refractivity contribution >= 4 is 17.6 Å². The highest BCUT2D eigenvalue weighted by atomic mass is 35.5. The Kier molecular flexibility index (Phi) is 3.22. The van der Waals surface area contributed by atoms with Crippen LogP contribution in [-0.4, -0.2) is 22.1 Å². The lowest BCUT2D eigenvalue weighted by atomic mass is 10.1. The molecule has 1 heterocycles. The Balaban J connectivity index is 2.64. The molecule has 0 amide bonds. The van der Waals surface area contributed by atoms with Crippen LogP contribution in [0.3, 0.4) is 0 Å². The van der Waals surface area contributed by atoms with Gasteiger partial charge in [-0.25, -0.2) is 4.98 Å². The Bertz CT molecular complexity index is 300. The number of aliphatic carboxylic acids is 1. The van der Waals surface area contributed by atoms with Crippen LogP contribution >= 0.6 is 11.6 Å². The largest absolute Gasteiger partial charge is 0.480 e. The summed E-state index contributed by atoms with van der Waals surface area (Å²) in [6, 6.07) is 2.42. The lowest BCUT2D eigenvalue weighted by molar-refractivity contribution is -0.138. The zero-order valence-corrected chi connectivity index (χ0v) is 7.53. The van der Waals surface area contributed by atoms with Crippen LogP contribution in [-0.2, 0) is 11.2 Å². The van der Waals surface area contributed by atoms with Crippen LogP contribution in [0.2, 0.25) is 5.15 Å². The molecule has 0 bridgehead atoms. The van der Waals surface area contributed by atoms with Crippen molar-refractivity contribution in [2.24, 2.45) is 5.73 Å². The summed E-state index contributed by atoms with van der Waals surface area (Å²) in [5.41, 5.74) is 6.09. The molecular formula is C8H9ClN2O2. The van der Waals surface area contributed by atoms with E-state index in [2.05, 4.69) is 4.98 Å². The fourth-order valence-corrected chi connectivity index (χ4v) is 0.980. The van der Waals surface area contributed by atoms with Gasteiger partial charge in [0.05, 0.1) is 0 Å². The second-order valence-electron chi connectivity index (χ2n) is 2.64. The van der Waals surface area contributed by atoms with E-state index in [1.807, 2.05) is 0 Å². The molecule has 13 heavy (non-hydrogen) atoms. The van der Waals surface area contributed by atoms with Gasteiger partial charge in [0.25, 0.3) is 0 Å². The highest BCUT2D eigenvalue weighted by Gasteiger charge is 2.11. The summed E-state index contributed by atoms with van der Waals surface area (Å²) in [7, 11) is 0. The smallest absolute Gasteiger partial charge is 0.320 e. The first-order valence-electron chi connectivity index (χ1n) is 3.68. The zero-order valence-electron chi connectivity index (χ0n) is 6.77. The van der Waals surface area contributed by atoms with Gasteiger partial charge >= 0.3 is 5.97 Å². The van der Waals surface area contributed by atoms with Crippen molar-refractivity contribution in [2.75, 3.05) is 0 Å². The molecule has 1 rings (SSSR count). The first-order chi connectivity index (χ1) is 6.09. The second kappa shape index (κ2) is 4.20. The monoisotopic (exact) mass is 200 g/mol. The average Bonchev–Trinajstić information content (AvgIpc) is 2.08. The summed E-state index contributed by atoms with van der Waals surface area (Å²) >= 11 is 5.55. The van der Waals surface area contributed by atoms with Gasteiger partial charge < -0.3 is 10.8 Å². The molecule has 0 unspecified atom stereocenters. The standard InChI is InChI=1S/C8H9ClN2O2/c9-7-2-1-5(4-11-7)3-6(10)8(12)13/h1-2,4,6H,3,10H2,(H,12,13)/t6-/m0/s1. The molecule has 0 spiro atoms. The number of carboxylic acid groups (broad SMARTS) is 1. The summed E-state index contributed by atoms with van der Waals surface area (Å²) in [4.78, 5) is 14.2. The van der Waals surface area contributed by atoms with Gasteiger partial charge in [-0.1, -0.05) is 17.7 Å². The van der Waals surface area contributed by atoms with Crippen LogP contribution in [0.25, 0.3) is 0 Å². The number of rotatable bonds is 3. The maximum absolute atomic E-state index is 10.4. The molecule has 4 nitrogen and oxygen atoms in total. The highest BCUT2D eigenvalue weighted by Crippen LogP contribution is 2.06. The summed E-state index contributed by atoms with van der Waals surface area (Å²) < 4.78 is 0. The van der Waals surface area contributed by atoms with Crippen molar-refractivity contribution in [1.82, 2.24) is 4.98 Å². The molecule has 1 aromatic heterocycles. The Morgan fingerprint density at radius 3 is 2.85 bits per heavy atom. The summed E-state index contributed by atoms with van der Waals surface area (Å²) in [5, 5.41) is 8.91. The van der Waals surface area contributed by atoms with Gasteiger partial charge in [-0.2, -0.15) is 0 Å². The van der Waals surface area contributed by atoms with E-state index in [0.29, 0.717) is 5.15 Å². The fraction of sp³-hybridized carbons (Fsp3) is 0.250. The van der Waals surface area contributed by atoms with Crippen molar-refractivity contribution in [3.05, 3.63) is 29.0 Å². The molecule has 1 atom stereocenters. The number of halogens is 1. The molecule has 0 saturated heterocycles. The lowest BCUT2D eigenvalue weighted by Gasteiger charge is -2.05. The molecule has 0 fully saturated rings. The van der Waals surface area contributed by atoms with Crippen molar-refractivity contribution in [3.8, 4) is 0 Å². The van der Waals surface area contributed by atoms with Crippen molar-refractivity contribution < 1.29 is 9.90 Å². The van der Waals surface area contributed by atoms with E-state index in [1.165, 1.54) is 6.20 Å². The molecule has 0 saturated carbocycles. The third-order valence-electron chi connectivity index (χ3n) is 1.56. The number of carboxylic acids is 1. The molecule has 3 N–H and O–H groups in total. The van der Waals surface area contributed by atoms with Gasteiger partial charge in [-0.15, -0.1) is 0 Å². The topological polar surface area (TPSA) is 76.2 Å². The molecule has 0 aliphatic carbocycles. The number of nitrogens with two attached hydrogens (primary N) is 1. The number of aromatic nitrogens is 1. The molecule has 70 valence electrons. The van der Waals surface area contributed by atoms with Crippen LogP contribution in [0.15, 0.2) is 18.3 Å². The minimum atomic E-state index is -1.02. The summed E-state index contributed by atoms with van der Waals surface area (Å²) in [6.07, 6.45) is 1.78. The van der Waals surface area contributed by atoms with Crippen LogP contribution < -0.4 is 5.73 Å². The maximum atomic E-state index is 10.4. The van der Waals surface area contributed by atoms with Crippen LogP contribution in [0.5, 0.6) is 0 Å². The number of pyridine rings is 1. The summed E-state index contributed by atoms with van der Waals surface area (Å²) in [6.45, 7) is 0. The van der Waals surface area contributed by atoms with E-state index in [9.17, 15) is 4.79 Å². The molecule has 0 radical (unpaired) electrons. The zero-order chi connectivity index (χ0) is 9.84. The minimum Gasteiger partial charge on any atom is -0.480 e. The van der Waals surface area contributed by atoms with Gasteiger partial charge in [-0.3, -0.25) is 4.79 Å². The predicted octanol–water partition coefficient (Wildman–Crippen LogP) is 0.689. The molecular weight excluding hydrogens is 192 g/mol. The Morgan fingerprint density at radius 1 is 1.69 bits per heavy atom. The third kappa shape index (κ3) is 3.01. The SMILES string of the molecule is N[C@@H](Cc1ccc(Cl)nc1)C(=O)O. The molecule has 0 aliphatic heterocycles. The van der Waals surface area contributed by atoms with Crippen LogP contribution in [0.4, 0.5) is 0 Å². The van der Waals surface area contributed by atoms with Gasteiger partial charge in [-0.05, 0) is 18.1 Å². The Morgan fingerprint density at radius 2 is 2.38 bits per heavy atom. The van der Waals surface area contributed by atoms with Gasteiger partial charge in [0, 0.05) is 6.20 Å². The van der Waals surface area contributed by atoms with Gasteiger partial charge in [0.1, 0.15) is 11.2 Å². The minimum absolute atomic E-state index is 0.263. The van der Waals surface area contributed by atoms with Crippen LogP contribution in [0, 0.1) is 0 Å². The van der Waals surface area contributed by atoms with Gasteiger partial charge in [0.15, 0.2) is 0 Å². The van der Waals surface area contributed by atoms with Gasteiger partial charge in [0.2, 0.25) is 0 Å². The summed E-state index contributed by atoms with van der Waals surface area (Å²) in [5.74, 6) is -1.02. The first-order valence-corrected chi connectivity index (χ1v) is 4.06. The van der Waals surface area contributed by atoms with Crippen molar-refractivity contribution in [3.63, 3.8) is 0 Å². The molecule has 5 heteroatoms. The van der Waals surface area contributed by atoms with E-state index >= 15 is 0 Å². The fourth-order valence-electron chi connectivity index (χ4n) is 0.868. The predicted molar refractivity (Wildman–Crippen MR) is 48.6 cm³/mol. The third-order valence-corrected chi connectivity index (χ3v) is 1.79. The molecule has 0 aliphatic rings. The molecule has 1 aromatic rings. The van der Waals surface area contributed by atoms with E-state index in [0.717, 1.165) is 5.56 Å². The maximum Gasteiger partial charge on any atom is 0.320 e. The van der Waals surface area contributed by atoms with E-state index in [1.54, 1.807) is 12.1 Å². The van der Waals surface area contributed by atoms with E-state index < -0.39 is 12.0 Å². The number of carbonyl (C=O) groups is 1. The Hall–Kier alpha value is -1.13. The van der Waals surface area contributed by atoms with Crippen molar-refractivity contribution in [2.45, 2.75) is 12.5 Å². The lowest BCUT2D eigenvalue weighted by Crippen LogP contribution is -2.32. The average molecular weight is 201 g/mol. The van der Waals surface area contributed by atoms with E-state index in [4.69, 9.17) is 22.4 Å². The Labute approximate surface area is 80.3 Å². The highest BCUT2D eigenvalue weighted by molar-refractivity contribution is 6.29.